The summed E-state index contributed by atoms with van der Waals surface area (Å²) in [7, 11) is 0. The molecule has 1 aliphatic rings. The van der Waals surface area contributed by atoms with Gasteiger partial charge in [-0.3, -0.25) is 4.90 Å². The second-order valence-corrected chi connectivity index (χ2v) is 2.97. The Morgan fingerprint density at radius 3 is 3.09 bits per heavy atom. The van der Waals surface area contributed by atoms with Gasteiger partial charge in [-0.05, 0) is 19.4 Å². The Labute approximate surface area is 68.2 Å². The van der Waals surface area contributed by atoms with Crippen LogP contribution in [0.4, 0.5) is 0 Å². The molecule has 1 atom stereocenters. The first kappa shape index (κ1) is 8.58. The van der Waals surface area contributed by atoms with E-state index in [1.165, 1.54) is 6.42 Å². The zero-order valence-electron chi connectivity index (χ0n) is 6.79. The van der Waals surface area contributed by atoms with Crippen LogP contribution in [0.15, 0.2) is 0 Å². The number of likely N-dealkylation sites (tertiary alicyclic amines) is 1. The average Bonchev–Trinajstić information content (AvgIpc) is 2.47. The number of aliphatic hydroxyl groups excluding tert-OH is 1. The van der Waals surface area contributed by atoms with Gasteiger partial charge in [-0.15, -0.1) is 12.3 Å². The molecule has 0 aliphatic carbocycles. The molecule has 0 aromatic carbocycles. The van der Waals surface area contributed by atoms with E-state index in [1.807, 2.05) is 0 Å². The number of aliphatic hydroxyl groups is 1. The molecule has 1 saturated heterocycles. The lowest BCUT2D eigenvalue weighted by Crippen LogP contribution is -2.32. The van der Waals surface area contributed by atoms with Crippen LogP contribution in [0.25, 0.3) is 0 Å². The van der Waals surface area contributed by atoms with Gasteiger partial charge in [0.05, 0.1) is 6.61 Å². The third-order valence-electron chi connectivity index (χ3n) is 2.25. The third kappa shape index (κ3) is 2.21. The van der Waals surface area contributed by atoms with Crippen molar-refractivity contribution in [3.63, 3.8) is 0 Å². The molecule has 62 valence electrons. The fourth-order valence-electron chi connectivity index (χ4n) is 1.60. The van der Waals surface area contributed by atoms with Crippen molar-refractivity contribution in [2.75, 3.05) is 19.7 Å². The maximum Gasteiger partial charge on any atom is 0.0586 e. The van der Waals surface area contributed by atoms with E-state index in [9.17, 15) is 0 Å². The highest BCUT2D eigenvalue weighted by molar-refractivity contribution is 4.87. The maximum absolute atomic E-state index is 8.94. The molecule has 1 heterocycles. The van der Waals surface area contributed by atoms with Crippen LogP contribution < -0.4 is 0 Å². The molecule has 1 fully saturated rings. The molecule has 11 heavy (non-hydrogen) atoms. The Morgan fingerprint density at radius 1 is 1.64 bits per heavy atom. The normalized spacial score (nSPS) is 25.3. The van der Waals surface area contributed by atoms with E-state index >= 15 is 0 Å². The highest BCUT2D eigenvalue weighted by Crippen LogP contribution is 2.16. The minimum Gasteiger partial charge on any atom is -0.395 e. The average molecular weight is 153 g/mol. The molecule has 1 rings (SSSR count). The third-order valence-corrected chi connectivity index (χ3v) is 2.25. The lowest BCUT2D eigenvalue weighted by Gasteiger charge is -2.20. The van der Waals surface area contributed by atoms with Crippen LogP contribution in [0.5, 0.6) is 0 Å². The van der Waals surface area contributed by atoms with Crippen molar-refractivity contribution in [3.05, 3.63) is 0 Å². The Balaban J connectivity index is 2.27. The van der Waals surface area contributed by atoms with Crippen LogP contribution in [0.3, 0.4) is 0 Å². The van der Waals surface area contributed by atoms with E-state index in [-0.39, 0.29) is 6.61 Å². The molecule has 0 saturated carbocycles. The Bertz CT molecular complexity index is 150. The zero-order valence-corrected chi connectivity index (χ0v) is 6.79. The maximum atomic E-state index is 8.94. The molecule has 0 aromatic heterocycles. The van der Waals surface area contributed by atoms with Crippen molar-refractivity contribution < 1.29 is 5.11 Å². The predicted molar refractivity (Wildman–Crippen MR) is 45.1 cm³/mol. The minimum absolute atomic E-state index is 0.282. The van der Waals surface area contributed by atoms with Crippen LogP contribution in [0.1, 0.15) is 19.3 Å². The van der Waals surface area contributed by atoms with Gasteiger partial charge < -0.3 is 5.11 Å². The van der Waals surface area contributed by atoms with E-state index in [0.717, 1.165) is 25.9 Å². The van der Waals surface area contributed by atoms with Gasteiger partial charge in [-0.1, -0.05) is 0 Å². The van der Waals surface area contributed by atoms with E-state index in [0.29, 0.717) is 6.04 Å². The molecular weight excluding hydrogens is 138 g/mol. The van der Waals surface area contributed by atoms with E-state index in [2.05, 4.69) is 10.8 Å². The van der Waals surface area contributed by atoms with Crippen LogP contribution in [0, 0.1) is 12.3 Å². The summed E-state index contributed by atoms with van der Waals surface area (Å²) in [4.78, 5) is 2.28. The highest BCUT2D eigenvalue weighted by Gasteiger charge is 2.22. The van der Waals surface area contributed by atoms with Crippen molar-refractivity contribution in [1.82, 2.24) is 4.90 Å². The largest absolute Gasteiger partial charge is 0.395 e. The molecule has 0 spiro atoms. The van der Waals surface area contributed by atoms with Crippen LogP contribution >= 0.6 is 0 Å². The first-order chi connectivity index (χ1) is 5.38. The van der Waals surface area contributed by atoms with Crippen molar-refractivity contribution in [3.8, 4) is 12.3 Å². The monoisotopic (exact) mass is 153 g/mol. The van der Waals surface area contributed by atoms with Gasteiger partial charge in [0, 0.05) is 19.0 Å². The van der Waals surface area contributed by atoms with Gasteiger partial charge in [0.2, 0.25) is 0 Å². The summed E-state index contributed by atoms with van der Waals surface area (Å²) >= 11 is 0. The molecule has 0 radical (unpaired) electrons. The second kappa shape index (κ2) is 4.38. The molecule has 1 unspecified atom stereocenters. The summed E-state index contributed by atoms with van der Waals surface area (Å²) in [6.45, 7) is 2.33. The van der Waals surface area contributed by atoms with Gasteiger partial charge in [0.25, 0.3) is 0 Å². The summed E-state index contributed by atoms with van der Waals surface area (Å²) < 4.78 is 0. The predicted octanol–water partition coefficient (Wildman–Crippen LogP) is 0.466. The molecule has 1 aliphatic heterocycles. The molecule has 0 amide bonds. The topological polar surface area (TPSA) is 23.5 Å². The van der Waals surface area contributed by atoms with Crippen molar-refractivity contribution in [2.45, 2.75) is 25.3 Å². The number of rotatable bonds is 3. The van der Waals surface area contributed by atoms with E-state index < -0.39 is 0 Å². The first-order valence-corrected chi connectivity index (χ1v) is 4.17. The van der Waals surface area contributed by atoms with Gasteiger partial charge in [0.1, 0.15) is 0 Å². The van der Waals surface area contributed by atoms with Crippen molar-refractivity contribution in [2.24, 2.45) is 0 Å². The SMILES string of the molecule is C#CCCN1CCCC1CO. The number of hydrogen-bond acceptors (Lipinski definition) is 2. The second-order valence-electron chi connectivity index (χ2n) is 2.97. The van der Waals surface area contributed by atoms with Crippen LogP contribution in [-0.4, -0.2) is 35.7 Å². The summed E-state index contributed by atoms with van der Waals surface area (Å²) in [5.41, 5.74) is 0. The van der Waals surface area contributed by atoms with Crippen LogP contribution in [0.2, 0.25) is 0 Å². The molecule has 1 N–H and O–H groups in total. The zero-order chi connectivity index (χ0) is 8.10. The fraction of sp³-hybridized carbons (Fsp3) is 0.778. The van der Waals surface area contributed by atoms with Gasteiger partial charge >= 0.3 is 0 Å². The number of hydrogen-bond donors (Lipinski definition) is 1. The lowest BCUT2D eigenvalue weighted by molar-refractivity contribution is 0.161. The molecule has 2 heteroatoms. The highest BCUT2D eigenvalue weighted by atomic mass is 16.3. The summed E-state index contributed by atoms with van der Waals surface area (Å²) in [6, 6.07) is 0.378. The van der Waals surface area contributed by atoms with E-state index in [1.54, 1.807) is 0 Å². The minimum atomic E-state index is 0.282. The number of terminal acetylenes is 1. The van der Waals surface area contributed by atoms with Crippen LogP contribution in [-0.2, 0) is 0 Å². The van der Waals surface area contributed by atoms with E-state index in [4.69, 9.17) is 11.5 Å². The summed E-state index contributed by atoms with van der Waals surface area (Å²) in [6.07, 6.45) is 8.29. The van der Waals surface area contributed by atoms with Crippen molar-refractivity contribution >= 4 is 0 Å². The van der Waals surface area contributed by atoms with Gasteiger partial charge in [0.15, 0.2) is 0 Å². The Morgan fingerprint density at radius 2 is 2.45 bits per heavy atom. The lowest BCUT2D eigenvalue weighted by atomic mass is 10.2. The van der Waals surface area contributed by atoms with Gasteiger partial charge in [-0.2, -0.15) is 0 Å². The smallest absolute Gasteiger partial charge is 0.0586 e. The molecule has 0 bridgehead atoms. The van der Waals surface area contributed by atoms with Gasteiger partial charge in [-0.25, -0.2) is 0 Å². The molecule has 0 aromatic rings. The Hall–Kier alpha value is -0.520. The molecular formula is C9H15NO. The Kier molecular flexibility index (Phi) is 3.41. The molecule has 2 nitrogen and oxygen atoms in total. The first-order valence-electron chi connectivity index (χ1n) is 4.17. The van der Waals surface area contributed by atoms with Crippen molar-refractivity contribution in [1.29, 1.82) is 0 Å². The fourth-order valence-corrected chi connectivity index (χ4v) is 1.60. The summed E-state index contributed by atoms with van der Waals surface area (Å²) in [5, 5.41) is 8.94. The summed E-state index contributed by atoms with van der Waals surface area (Å²) in [5.74, 6) is 2.62. The standard InChI is InChI=1S/C9H15NO/c1-2-3-6-10-7-4-5-9(10)8-11/h1,9,11H,3-8H2. The number of nitrogens with zero attached hydrogens (tertiary/aromatic N) is 1. The quantitative estimate of drug-likeness (QED) is 0.596.